The van der Waals surface area contributed by atoms with E-state index in [1.165, 1.54) is 4.90 Å². The van der Waals surface area contributed by atoms with Gasteiger partial charge in [0.25, 0.3) is 0 Å². The number of urea groups is 1. The molecule has 1 aliphatic heterocycles. The van der Waals surface area contributed by atoms with Crippen LogP contribution >= 0.6 is 0 Å². The molecular formula is C14H22N2O5S. The number of sulfone groups is 1. The first-order valence-corrected chi connectivity index (χ1v) is 9.22. The normalized spacial score (nSPS) is 20.0. The highest BCUT2D eigenvalue weighted by atomic mass is 32.2. The molecule has 22 heavy (non-hydrogen) atoms. The molecule has 0 saturated carbocycles. The highest BCUT2D eigenvalue weighted by molar-refractivity contribution is 7.91. The number of aliphatic hydroxyl groups is 1. The summed E-state index contributed by atoms with van der Waals surface area (Å²) in [4.78, 5) is 13.6. The number of nitrogens with one attached hydrogen (secondary N) is 1. The zero-order valence-corrected chi connectivity index (χ0v) is 13.2. The van der Waals surface area contributed by atoms with E-state index in [4.69, 9.17) is 9.52 Å². The van der Waals surface area contributed by atoms with Crippen molar-refractivity contribution >= 4 is 15.9 Å². The molecule has 1 atom stereocenters. The Hall–Kier alpha value is -1.54. The van der Waals surface area contributed by atoms with E-state index in [-0.39, 0.29) is 36.7 Å². The second-order valence-electron chi connectivity index (χ2n) is 5.39. The molecule has 1 fully saturated rings. The van der Waals surface area contributed by atoms with Crippen LogP contribution in [0, 0.1) is 0 Å². The fourth-order valence-electron chi connectivity index (χ4n) is 2.59. The Kier molecular flexibility index (Phi) is 5.84. The van der Waals surface area contributed by atoms with Crippen molar-refractivity contribution in [3.05, 3.63) is 24.2 Å². The van der Waals surface area contributed by atoms with Crippen LogP contribution in [0.2, 0.25) is 0 Å². The van der Waals surface area contributed by atoms with E-state index in [0.29, 0.717) is 13.0 Å². The largest absolute Gasteiger partial charge is 0.469 e. The van der Waals surface area contributed by atoms with Crippen molar-refractivity contribution in [2.45, 2.75) is 25.3 Å². The first-order valence-electron chi connectivity index (χ1n) is 7.40. The van der Waals surface area contributed by atoms with Gasteiger partial charge in [-0.1, -0.05) is 0 Å². The molecule has 2 rings (SSSR count). The molecule has 124 valence electrons. The Bertz CT molecular complexity index is 570. The maximum absolute atomic E-state index is 12.2. The fourth-order valence-corrected chi connectivity index (χ4v) is 4.32. The zero-order chi connectivity index (χ0) is 16.0. The number of carbonyl (C=O) groups excluding carboxylic acids is 1. The van der Waals surface area contributed by atoms with Gasteiger partial charge in [-0.05, 0) is 25.0 Å². The molecule has 0 aromatic carbocycles. The van der Waals surface area contributed by atoms with Crippen LogP contribution in [0.1, 0.15) is 18.6 Å². The molecule has 1 saturated heterocycles. The molecule has 0 bridgehead atoms. The van der Waals surface area contributed by atoms with Crippen LogP contribution in [0.4, 0.5) is 4.79 Å². The maximum atomic E-state index is 12.2. The van der Waals surface area contributed by atoms with E-state index in [9.17, 15) is 13.2 Å². The van der Waals surface area contributed by atoms with Gasteiger partial charge >= 0.3 is 6.03 Å². The SMILES string of the molecule is O=C(NCCCc1ccco1)N(CCO)[C@H]1CCS(=O)(=O)C1. The van der Waals surface area contributed by atoms with E-state index in [1.807, 2.05) is 12.1 Å². The summed E-state index contributed by atoms with van der Waals surface area (Å²) >= 11 is 0. The second-order valence-corrected chi connectivity index (χ2v) is 7.62. The summed E-state index contributed by atoms with van der Waals surface area (Å²) in [6.45, 7) is 0.432. The lowest BCUT2D eigenvalue weighted by Crippen LogP contribution is -2.48. The molecule has 0 unspecified atom stereocenters. The van der Waals surface area contributed by atoms with Crippen LogP contribution < -0.4 is 5.32 Å². The molecule has 0 radical (unpaired) electrons. The third-order valence-corrected chi connectivity index (χ3v) is 5.46. The zero-order valence-electron chi connectivity index (χ0n) is 12.4. The maximum Gasteiger partial charge on any atom is 0.317 e. The van der Waals surface area contributed by atoms with Gasteiger partial charge in [0, 0.05) is 25.6 Å². The van der Waals surface area contributed by atoms with Gasteiger partial charge < -0.3 is 19.7 Å². The number of nitrogens with zero attached hydrogens (tertiary/aromatic N) is 1. The number of hydrogen-bond acceptors (Lipinski definition) is 5. The average molecular weight is 330 g/mol. The molecule has 2 amide bonds. The van der Waals surface area contributed by atoms with Gasteiger partial charge in [-0.3, -0.25) is 0 Å². The number of carbonyl (C=O) groups is 1. The number of aliphatic hydroxyl groups excluding tert-OH is 1. The van der Waals surface area contributed by atoms with Crippen LogP contribution in [-0.4, -0.2) is 61.7 Å². The van der Waals surface area contributed by atoms with Gasteiger partial charge in [-0.25, -0.2) is 13.2 Å². The molecule has 2 N–H and O–H groups in total. The van der Waals surface area contributed by atoms with E-state index in [0.717, 1.165) is 18.6 Å². The lowest BCUT2D eigenvalue weighted by molar-refractivity contribution is 0.158. The summed E-state index contributed by atoms with van der Waals surface area (Å²) in [6.07, 6.45) is 3.50. The Balaban J connectivity index is 1.79. The van der Waals surface area contributed by atoms with Gasteiger partial charge in [-0.15, -0.1) is 0 Å². The first kappa shape index (κ1) is 16.8. The topological polar surface area (TPSA) is 99.8 Å². The lowest BCUT2D eigenvalue weighted by Gasteiger charge is -2.27. The Morgan fingerprint density at radius 3 is 2.91 bits per heavy atom. The smallest absolute Gasteiger partial charge is 0.317 e. The van der Waals surface area contributed by atoms with Crippen molar-refractivity contribution in [3.8, 4) is 0 Å². The molecule has 8 heteroatoms. The minimum absolute atomic E-state index is 0.0210. The predicted molar refractivity (Wildman–Crippen MR) is 81.3 cm³/mol. The van der Waals surface area contributed by atoms with Gasteiger partial charge in [-0.2, -0.15) is 0 Å². The summed E-state index contributed by atoms with van der Waals surface area (Å²) in [7, 11) is -3.06. The third kappa shape index (κ3) is 4.74. The van der Waals surface area contributed by atoms with Crippen LogP contribution in [0.25, 0.3) is 0 Å². The number of rotatable bonds is 7. The monoisotopic (exact) mass is 330 g/mol. The van der Waals surface area contributed by atoms with E-state index in [2.05, 4.69) is 5.32 Å². The minimum Gasteiger partial charge on any atom is -0.469 e. The van der Waals surface area contributed by atoms with Crippen LogP contribution in [-0.2, 0) is 16.3 Å². The van der Waals surface area contributed by atoms with E-state index in [1.54, 1.807) is 6.26 Å². The summed E-state index contributed by atoms with van der Waals surface area (Å²) in [5.41, 5.74) is 0. The van der Waals surface area contributed by atoms with Crippen LogP contribution in [0.15, 0.2) is 22.8 Å². The predicted octanol–water partition coefficient (Wildman–Crippen LogP) is 0.403. The third-order valence-electron chi connectivity index (χ3n) is 3.71. The molecule has 0 aliphatic carbocycles. The Morgan fingerprint density at radius 1 is 1.50 bits per heavy atom. The first-order chi connectivity index (χ1) is 10.5. The number of amides is 2. The molecule has 2 heterocycles. The summed E-state index contributed by atoms with van der Waals surface area (Å²) in [5, 5.41) is 11.9. The van der Waals surface area contributed by atoms with E-state index < -0.39 is 9.84 Å². The van der Waals surface area contributed by atoms with Gasteiger partial charge in [0.05, 0.1) is 24.4 Å². The van der Waals surface area contributed by atoms with Crippen LogP contribution in [0.3, 0.4) is 0 Å². The molecule has 1 aromatic heterocycles. The van der Waals surface area contributed by atoms with E-state index >= 15 is 0 Å². The van der Waals surface area contributed by atoms with Crippen molar-refractivity contribution in [3.63, 3.8) is 0 Å². The Morgan fingerprint density at radius 2 is 2.32 bits per heavy atom. The minimum atomic E-state index is -3.06. The summed E-state index contributed by atoms with van der Waals surface area (Å²) in [6, 6.07) is 3.03. The molecule has 7 nitrogen and oxygen atoms in total. The Labute approximate surface area is 130 Å². The van der Waals surface area contributed by atoms with Gasteiger partial charge in [0.1, 0.15) is 5.76 Å². The molecule has 1 aromatic rings. The van der Waals surface area contributed by atoms with Crippen LogP contribution in [0.5, 0.6) is 0 Å². The summed E-state index contributed by atoms with van der Waals surface area (Å²) < 4.78 is 28.3. The second kappa shape index (κ2) is 7.64. The molecule has 1 aliphatic rings. The van der Waals surface area contributed by atoms with Crippen molar-refractivity contribution in [2.75, 3.05) is 31.2 Å². The number of furan rings is 1. The number of hydrogen-bond donors (Lipinski definition) is 2. The lowest BCUT2D eigenvalue weighted by atomic mass is 10.2. The standard InChI is InChI=1S/C14H22N2O5S/c17-8-7-16(12-5-10-22(19,20)11-12)14(18)15-6-1-3-13-4-2-9-21-13/h2,4,9,12,17H,1,3,5-8,10-11H2,(H,15,18)/t12-/m0/s1. The molecule has 0 spiro atoms. The van der Waals surface area contributed by atoms with Crippen molar-refractivity contribution in [2.24, 2.45) is 0 Å². The van der Waals surface area contributed by atoms with Crippen molar-refractivity contribution < 1.29 is 22.7 Å². The summed E-state index contributed by atoms with van der Waals surface area (Å²) in [5.74, 6) is 0.946. The molecular weight excluding hydrogens is 308 g/mol. The van der Waals surface area contributed by atoms with Gasteiger partial charge in [0.15, 0.2) is 9.84 Å². The highest BCUT2D eigenvalue weighted by Crippen LogP contribution is 2.17. The highest BCUT2D eigenvalue weighted by Gasteiger charge is 2.34. The fraction of sp³-hybridized carbons (Fsp3) is 0.643. The number of aryl methyl sites for hydroxylation is 1. The van der Waals surface area contributed by atoms with Crippen molar-refractivity contribution in [1.29, 1.82) is 0 Å². The quantitative estimate of drug-likeness (QED) is 0.705. The van der Waals surface area contributed by atoms with Gasteiger partial charge in [0.2, 0.25) is 0 Å². The average Bonchev–Trinajstić information content (AvgIpc) is 3.10. The van der Waals surface area contributed by atoms with Crippen molar-refractivity contribution in [1.82, 2.24) is 10.2 Å².